The average Bonchev–Trinajstić information content (AvgIpc) is 3.76. The number of benzene rings is 2. The molecule has 2 N–H and O–H groups in total. The molecule has 5 aromatic rings. The second-order valence-corrected chi connectivity index (χ2v) is 16.9. The van der Waals surface area contributed by atoms with Crippen LogP contribution < -0.4 is 4.72 Å². The molecule has 2 aromatic carbocycles. The van der Waals surface area contributed by atoms with Crippen LogP contribution in [0.15, 0.2) is 82.6 Å². The van der Waals surface area contributed by atoms with E-state index >= 15 is 0 Å². The summed E-state index contributed by atoms with van der Waals surface area (Å²) < 4.78 is 50.9. The van der Waals surface area contributed by atoms with Crippen molar-refractivity contribution in [3.05, 3.63) is 83.9 Å². The van der Waals surface area contributed by atoms with E-state index in [0.29, 0.717) is 5.56 Å². The van der Waals surface area contributed by atoms with Gasteiger partial charge in [-0.2, -0.15) is 9.59 Å². The first-order chi connectivity index (χ1) is 21.3. The van der Waals surface area contributed by atoms with Crippen molar-refractivity contribution in [2.45, 2.75) is 30.1 Å². The van der Waals surface area contributed by atoms with Crippen LogP contribution in [-0.4, -0.2) is 46.9 Å². The molecule has 9 nitrogen and oxygen atoms in total. The highest BCUT2D eigenvalue weighted by molar-refractivity contribution is 7.91. The minimum Gasteiger partial charge on any atom is -0.481 e. The number of carbonyl (C=O) groups excluding carboxylic acids is 2. The van der Waals surface area contributed by atoms with Gasteiger partial charge in [0.25, 0.3) is 0 Å². The van der Waals surface area contributed by atoms with Crippen LogP contribution in [0.25, 0.3) is 40.4 Å². The van der Waals surface area contributed by atoms with Crippen LogP contribution in [-0.2, 0) is 40.7 Å². The van der Waals surface area contributed by atoms with Crippen LogP contribution in [0.4, 0.5) is 0 Å². The van der Waals surface area contributed by atoms with E-state index in [1.54, 1.807) is 78.1 Å². The lowest BCUT2D eigenvalue weighted by molar-refractivity contribution is -0.191. The van der Waals surface area contributed by atoms with Gasteiger partial charge in [-0.05, 0) is 84.8 Å². The number of carboxylic acid groups (broad SMARTS) is 1. The van der Waals surface area contributed by atoms with Crippen molar-refractivity contribution in [2.75, 3.05) is 12.8 Å². The molecule has 0 atom stereocenters. The number of sulfonamides is 1. The predicted molar refractivity (Wildman–Crippen MR) is 177 cm³/mol. The first kappa shape index (κ1) is 34.1. The zero-order chi connectivity index (χ0) is 32.9. The summed E-state index contributed by atoms with van der Waals surface area (Å²) in [5.41, 5.74) is 3.55. The van der Waals surface area contributed by atoms with Crippen molar-refractivity contribution in [3.8, 4) is 40.4 Å². The van der Waals surface area contributed by atoms with Gasteiger partial charge in [0.15, 0.2) is 9.84 Å². The number of hydrogen-bond acceptors (Lipinski definition) is 10. The van der Waals surface area contributed by atoms with Crippen LogP contribution >= 0.6 is 34.0 Å². The van der Waals surface area contributed by atoms with Gasteiger partial charge in [-0.25, -0.2) is 21.6 Å². The van der Waals surface area contributed by atoms with Gasteiger partial charge in [-0.1, -0.05) is 31.2 Å². The molecule has 14 heteroatoms. The second kappa shape index (κ2) is 14.1. The summed E-state index contributed by atoms with van der Waals surface area (Å²) >= 11 is 4.70. The Bertz CT molecular complexity index is 2080. The number of carbonyl (C=O) groups is 1. The van der Waals surface area contributed by atoms with E-state index < -0.39 is 25.8 Å². The van der Waals surface area contributed by atoms with E-state index in [9.17, 15) is 26.7 Å². The quantitative estimate of drug-likeness (QED) is 0.165. The highest BCUT2D eigenvalue weighted by Crippen LogP contribution is 2.46. The molecule has 3 heterocycles. The molecule has 0 saturated carbocycles. The van der Waals surface area contributed by atoms with Gasteiger partial charge in [0.1, 0.15) is 0 Å². The van der Waals surface area contributed by atoms with E-state index in [0.717, 1.165) is 46.0 Å². The van der Waals surface area contributed by atoms with E-state index in [-0.39, 0.29) is 28.1 Å². The molecule has 0 radical (unpaired) electrons. The SMILES string of the molecule is CCS(=O)(=O)c1ccc(-c2cc(CC(=O)O)c(-c3ccc(-c4sc(-c5ccc(S(=O)(=O)NC)cc5)cc4C)s3)s2)cc1.O=C=O. The molecule has 234 valence electrons. The first-order valence-electron chi connectivity index (χ1n) is 13.3. The number of aryl methyl sites for hydroxylation is 1. The van der Waals surface area contributed by atoms with Crippen LogP contribution in [0.1, 0.15) is 18.1 Å². The van der Waals surface area contributed by atoms with Gasteiger partial charge >= 0.3 is 12.1 Å². The summed E-state index contributed by atoms with van der Waals surface area (Å²) in [6, 6.07) is 21.5. The Hall–Kier alpha value is -3.75. The molecule has 0 unspecified atom stereocenters. The number of sulfone groups is 1. The molecule has 3 aromatic heterocycles. The molecule has 0 saturated heterocycles. The van der Waals surface area contributed by atoms with Gasteiger partial charge in [-0.3, -0.25) is 4.79 Å². The van der Waals surface area contributed by atoms with Crippen molar-refractivity contribution in [1.82, 2.24) is 4.72 Å². The number of carboxylic acids is 1. The minimum absolute atomic E-state index is 0.0253. The fourth-order valence-electron chi connectivity index (χ4n) is 4.43. The van der Waals surface area contributed by atoms with Crippen molar-refractivity contribution in [3.63, 3.8) is 0 Å². The normalized spacial score (nSPS) is 11.4. The van der Waals surface area contributed by atoms with E-state index in [2.05, 4.69) is 10.8 Å². The Balaban J connectivity index is 0.00000148. The van der Waals surface area contributed by atoms with Crippen LogP contribution in [0, 0.1) is 6.92 Å². The molecule has 0 spiro atoms. The summed E-state index contributed by atoms with van der Waals surface area (Å²) in [5, 5.41) is 9.58. The molecule has 0 aliphatic heterocycles. The van der Waals surface area contributed by atoms with Crippen molar-refractivity contribution in [1.29, 1.82) is 0 Å². The topological polar surface area (TPSA) is 152 Å². The van der Waals surface area contributed by atoms with Gasteiger partial charge in [-0.15, -0.1) is 34.0 Å². The third-order valence-corrected chi connectivity index (χ3v) is 13.9. The molecule has 0 bridgehead atoms. The van der Waals surface area contributed by atoms with E-state index in [1.807, 2.05) is 25.1 Å². The highest BCUT2D eigenvalue weighted by atomic mass is 32.2. The maximum atomic E-state index is 12.2. The number of nitrogens with one attached hydrogen (secondary N) is 1. The number of rotatable bonds is 10. The molecule has 45 heavy (non-hydrogen) atoms. The minimum atomic E-state index is -3.51. The molecule has 5 rings (SSSR count). The number of hydrogen-bond donors (Lipinski definition) is 2. The van der Waals surface area contributed by atoms with Gasteiger partial charge < -0.3 is 5.11 Å². The Morgan fingerprint density at radius 1 is 0.756 bits per heavy atom. The summed E-state index contributed by atoms with van der Waals surface area (Å²) in [7, 11) is -5.43. The van der Waals surface area contributed by atoms with Crippen molar-refractivity contribution in [2.24, 2.45) is 0 Å². The van der Waals surface area contributed by atoms with Gasteiger partial charge in [0, 0.05) is 29.3 Å². The molecule has 0 aliphatic carbocycles. The largest absolute Gasteiger partial charge is 0.481 e. The lowest BCUT2D eigenvalue weighted by Gasteiger charge is -2.03. The summed E-state index contributed by atoms with van der Waals surface area (Å²) in [6.07, 6.45) is 0.128. The third kappa shape index (κ3) is 7.74. The molecular formula is C31H27NO8S5. The van der Waals surface area contributed by atoms with Crippen LogP contribution in [0.3, 0.4) is 0 Å². The Morgan fingerprint density at radius 3 is 1.76 bits per heavy atom. The maximum absolute atomic E-state index is 12.2. The number of thiophene rings is 3. The molecular weight excluding hydrogens is 675 g/mol. The van der Waals surface area contributed by atoms with Gasteiger partial charge in [0.2, 0.25) is 10.0 Å². The Kier molecular flexibility index (Phi) is 10.7. The van der Waals surface area contributed by atoms with Crippen LogP contribution in [0.2, 0.25) is 0 Å². The lowest BCUT2D eigenvalue weighted by Crippen LogP contribution is -2.18. The monoisotopic (exact) mass is 701 g/mol. The van der Waals surface area contributed by atoms with Crippen molar-refractivity contribution >= 4 is 66.0 Å². The number of aliphatic carboxylic acids is 1. The molecule has 0 fully saturated rings. The summed E-state index contributed by atoms with van der Waals surface area (Å²) in [6.45, 7) is 3.65. The first-order valence-corrected chi connectivity index (χ1v) is 18.8. The predicted octanol–water partition coefficient (Wildman–Crippen LogP) is 6.59. The fraction of sp³-hybridized carbons (Fsp3) is 0.161. The molecule has 0 amide bonds. The standard InChI is InChI=1S/C30H27NO6S5.CO2/c1-4-41(34,35)22-9-5-20(6-10-22)27-16-21(17-28(32)33)30(40-27)25-14-13-24(38-25)29-18(2)15-26(39-29)19-7-11-23(12-8-19)42(36,37)31-3;2-1-3/h5-16,31H,4,17H2,1-3H3,(H,32,33);. The Labute approximate surface area is 272 Å². The zero-order valence-corrected chi connectivity index (χ0v) is 28.3. The second-order valence-electron chi connectivity index (χ2n) is 9.57. The third-order valence-electron chi connectivity index (χ3n) is 6.72. The summed E-state index contributed by atoms with van der Waals surface area (Å²) in [4.78, 5) is 34.3. The highest BCUT2D eigenvalue weighted by Gasteiger charge is 2.20. The molecule has 0 aliphatic rings. The average molecular weight is 702 g/mol. The van der Waals surface area contributed by atoms with E-state index in [4.69, 9.17) is 9.59 Å². The van der Waals surface area contributed by atoms with Crippen molar-refractivity contribution < 1.29 is 36.3 Å². The van der Waals surface area contributed by atoms with Crippen LogP contribution in [0.5, 0.6) is 0 Å². The Morgan fingerprint density at radius 2 is 1.24 bits per heavy atom. The zero-order valence-electron chi connectivity index (χ0n) is 24.2. The van der Waals surface area contributed by atoms with Gasteiger partial charge in [0.05, 0.1) is 22.0 Å². The smallest absolute Gasteiger partial charge is 0.373 e. The fourth-order valence-corrected chi connectivity index (χ4v) is 9.74. The lowest BCUT2D eigenvalue weighted by atomic mass is 10.1. The van der Waals surface area contributed by atoms with E-state index in [1.165, 1.54) is 18.4 Å². The maximum Gasteiger partial charge on any atom is 0.373 e. The summed E-state index contributed by atoms with van der Waals surface area (Å²) in [5.74, 6) is -0.897.